The topological polar surface area (TPSA) is 75.1 Å². The van der Waals surface area contributed by atoms with Crippen LogP contribution in [0.25, 0.3) is 10.9 Å². The molecule has 20 heavy (non-hydrogen) atoms. The van der Waals surface area contributed by atoms with E-state index in [0.717, 1.165) is 16.1 Å². The molecule has 1 aromatic carbocycles. The molecule has 0 atom stereocenters. The number of hydrogen-bond acceptors (Lipinski definition) is 4. The number of aromatic amines is 1. The molecule has 106 valence electrons. The fourth-order valence-corrected chi connectivity index (χ4v) is 3.80. The molecule has 6 heteroatoms. The molecular weight excluding hydrogens is 276 g/mol. The van der Waals surface area contributed by atoms with Crippen LogP contribution in [-0.4, -0.2) is 31.8 Å². The van der Waals surface area contributed by atoms with Gasteiger partial charge in [0.25, 0.3) is 5.56 Å². The largest absolute Gasteiger partial charge is 0.388 e. The number of para-hydroxylation sites is 1. The summed E-state index contributed by atoms with van der Waals surface area (Å²) in [5, 5.41) is 11.0. The summed E-state index contributed by atoms with van der Waals surface area (Å²) in [6.45, 7) is 0.0621. The van der Waals surface area contributed by atoms with E-state index < -0.39 is 11.3 Å². The summed E-state index contributed by atoms with van der Waals surface area (Å²) in [6, 6.07) is 6.92. The molecule has 1 aromatic heterocycles. The van der Waals surface area contributed by atoms with Gasteiger partial charge in [-0.3, -0.25) is 9.36 Å². The maximum absolute atomic E-state index is 12.4. The lowest BCUT2D eigenvalue weighted by atomic mass is 9.97. The molecule has 0 bridgehead atoms. The van der Waals surface area contributed by atoms with Crippen molar-refractivity contribution in [1.82, 2.24) is 9.55 Å². The van der Waals surface area contributed by atoms with Crippen LogP contribution in [0.2, 0.25) is 0 Å². The smallest absolute Gasteiger partial charge is 0.328 e. The number of hydrogen-bond donors (Lipinski definition) is 2. The highest BCUT2D eigenvalue weighted by atomic mass is 32.2. The van der Waals surface area contributed by atoms with E-state index in [0.29, 0.717) is 23.7 Å². The molecule has 1 aliphatic rings. The summed E-state index contributed by atoms with van der Waals surface area (Å²) in [5.74, 6) is 1.72. The quantitative estimate of drug-likeness (QED) is 0.864. The molecular formula is C14H16N2O3S. The van der Waals surface area contributed by atoms with E-state index in [4.69, 9.17) is 0 Å². The van der Waals surface area contributed by atoms with Crippen molar-refractivity contribution in [2.75, 3.05) is 11.5 Å². The molecule has 1 aliphatic heterocycles. The molecule has 1 saturated heterocycles. The van der Waals surface area contributed by atoms with Crippen molar-refractivity contribution in [1.29, 1.82) is 0 Å². The van der Waals surface area contributed by atoms with Crippen molar-refractivity contribution in [3.05, 3.63) is 45.1 Å². The second kappa shape index (κ2) is 5.10. The first-order chi connectivity index (χ1) is 9.59. The fourth-order valence-electron chi connectivity index (χ4n) is 2.55. The van der Waals surface area contributed by atoms with Crippen molar-refractivity contribution in [2.45, 2.75) is 25.0 Å². The Morgan fingerprint density at radius 2 is 1.95 bits per heavy atom. The molecule has 0 saturated carbocycles. The number of nitrogens with one attached hydrogen (secondary N) is 1. The molecule has 2 N–H and O–H groups in total. The molecule has 5 nitrogen and oxygen atoms in total. The Morgan fingerprint density at radius 3 is 2.70 bits per heavy atom. The molecule has 0 spiro atoms. The minimum atomic E-state index is -0.954. The van der Waals surface area contributed by atoms with Gasteiger partial charge in [-0.25, -0.2) is 4.79 Å². The minimum Gasteiger partial charge on any atom is -0.388 e. The monoisotopic (exact) mass is 292 g/mol. The first-order valence-electron chi connectivity index (χ1n) is 6.61. The lowest BCUT2D eigenvalue weighted by Crippen LogP contribution is -2.46. The van der Waals surface area contributed by atoms with Gasteiger partial charge in [-0.15, -0.1) is 0 Å². The lowest BCUT2D eigenvalue weighted by Gasteiger charge is -2.31. The molecule has 2 aromatic rings. The third-order valence-electron chi connectivity index (χ3n) is 3.77. The predicted molar refractivity (Wildman–Crippen MR) is 80.3 cm³/mol. The standard InChI is InChI=1S/C14H16N2O3S/c17-12-10-3-1-2-4-11(10)15-13(18)16(12)9-14(19)5-7-20-8-6-14/h1-4,19H,5-9H2,(H,15,18). The predicted octanol–water partition coefficient (Wildman–Crippen LogP) is 0.948. The van der Waals surface area contributed by atoms with E-state index in [1.807, 2.05) is 0 Å². The van der Waals surface area contributed by atoms with Gasteiger partial charge in [0.15, 0.2) is 0 Å². The molecule has 3 rings (SSSR count). The van der Waals surface area contributed by atoms with E-state index in [2.05, 4.69) is 4.98 Å². The Bertz CT molecular complexity index is 744. The zero-order valence-electron chi connectivity index (χ0n) is 11.0. The van der Waals surface area contributed by atoms with Crippen LogP contribution in [0.5, 0.6) is 0 Å². The number of aromatic nitrogens is 2. The average Bonchev–Trinajstić information content (AvgIpc) is 2.44. The lowest BCUT2D eigenvalue weighted by molar-refractivity contribution is 0.0129. The van der Waals surface area contributed by atoms with Gasteiger partial charge in [-0.05, 0) is 36.5 Å². The molecule has 1 fully saturated rings. The maximum Gasteiger partial charge on any atom is 0.328 e. The van der Waals surface area contributed by atoms with Crippen LogP contribution < -0.4 is 11.2 Å². The van der Waals surface area contributed by atoms with Crippen LogP contribution in [0.3, 0.4) is 0 Å². The summed E-state index contributed by atoms with van der Waals surface area (Å²) in [5.41, 5.74) is -1.22. The summed E-state index contributed by atoms with van der Waals surface area (Å²) in [6.07, 6.45) is 1.22. The van der Waals surface area contributed by atoms with Gasteiger partial charge in [0.1, 0.15) is 0 Å². The van der Waals surface area contributed by atoms with Crippen molar-refractivity contribution in [3.63, 3.8) is 0 Å². The maximum atomic E-state index is 12.4. The molecule has 2 heterocycles. The number of benzene rings is 1. The summed E-state index contributed by atoms with van der Waals surface area (Å²) in [4.78, 5) is 27.1. The van der Waals surface area contributed by atoms with Crippen molar-refractivity contribution in [2.24, 2.45) is 0 Å². The van der Waals surface area contributed by atoms with Crippen LogP contribution in [0.4, 0.5) is 0 Å². The van der Waals surface area contributed by atoms with Gasteiger partial charge in [-0.2, -0.15) is 11.8 Å². The first kappa shape index (κ1) is 13.5. The molecule has 0 aliphatic carbocycles. The highest BCUT2D eigenvalue weighted by Gasteiger charge is 2.31. The van der Waals surface area contributed by atoms with Crippen LogP contribution in [0.15, 0.2) is 33.9 Å². The Kier molecular flexibility index (Phi) is 3.43. The number of aliphatic hydroxyl groups is 1. The van der Waals surface area contributed by atoms with Crippen molar-refractivity contribution >= 4 is 22.7 Å². The Balaban J connectivity index is 2.07. The van der Waals surface area contributed by atoms with E-state index in [1.54, 1.807) is 36.0 Å². The van der Waals surface area contributed by atoms with Crippen LogP contribution in [-0.2, 0) is 6.54 Å². The van der Waals surface area contributed by atoms with E-state index in [-0.39, 0.29) is 12.1 Å². The van der Waals surface area contributed by atoms with Crippen LogP contribution in [0, 0.1) is 0 Å². The van der Waals surface area contributed by atoms with Gasteiger partial charge in [0, 0.05) is 0 Å². The highest BCUT2D eigenvalue weighted by Crippen LogP contribution is 2.27. The third-order valence-corrected chi connectivity index (χ3v) is 4.75. The van der Waals surface area contributed by atoms with E-state index in [1.165, 1.54) is 0 Å². The normalized spacial score (nSPS) is 18.2. The average molecular weight is 292 g/mol. The number of nitrogens with zero attached hydrogens (tertiary/aromatic N) is 1. The summed E-state index contributed by atoms with van der Waals surface area (Å²) in [7, 11) is 0. The fraction of sp³-hybridized carbons (Fsp3) is 0.429. The molecule has 0 amide bonds. The summed E-state index contributed by atoms with van der Waals surface area (Å²) < 4.78 is 1.12. The molecule has 0 radical (unpaired) electrons. The van der Waals surface area contributed by atoms with E-state index in [9.17, 15) is 14.7 Å². The SMILES string of the molecule is O=c1[nH]c2ccccc2c(=O)n1CC1(O)CCSCC1. The zero-order valence-corrected chi connectivity index (χ0v) is 11.8. The van der Waals surface area contributed by atoms with Gasteiger partial charge in [-0.1, -0.05) is 12.1 Å². The Labute approximate surface area is 119 Å². The van der Waals surface area contributed by atoms with Crippen molar-refractivity contribution < 1.29 is 5.11 Å². The van der Waals surface area contributed by atoms with Crippen LogP contribution in [0.1, 0.15) is 12.8 Å². The number of fused-ring (bicyclic) bond motifs is 1. The second-order valence-electron chi connectivity index (χ2n) is 5.20. The zero-order chi connectivity index (χ0) is 14.2. The van der Waals surface area contributed by atoms with Gasteiger partial charge >= 0.3 is 5.69 Å². The van der Waals surface area contributed by atoms with Gasteiger partial charge < -0.3 is 10.1 Å². The van der Waals surface area contributed by atoms with Gasteiger partial charge in [0.05, 0.1) is 23.0 Å². The highest BCUT2D eigenvalue weighted by molar-refractivity contribution is 7.99. The second-order valence-corrected chi connectivity index (χ2v) is 6.43. The number of rotatable bonds is 2. The van der Waals surface area contributed by atoms with E-state index >= 15 is 0 Å². The Morgan fingerprint density at radius 1 is 1.25 bits per heavy atom. The Hall–Kier alpha value is -1.53. The third kappa shape index (κ3) is 2.41. The molecule has 0 unspecified atom stereocenters. The minimum absolute atomic E-state index is 0.0621. The number of H-pyrrole nitrogens is 1. The van der Waals surface area contributed by atoms with Crippen LogP contribution >= 0.6 is 11.8 Å². The van der Waals surface area contributed by atoms with Crippen molar-refractivity contribution in [3.8, 4) is 0 Å². The van der Waals surface area contributed by atoms with Gasteiger partial charge in [0.2, 0.25) is 0 Å². The summed E-state index contributed by atoms with van der Waals surface area (Å²) >= 11 is 1.79. The number of thioether (sulfide) groups is 1. The first-order valence-corrected chi connectivity index (χ1v) is 7.77.